The zero-order valence-corrected chi connectivity index (χ0v) is 9.00. The molecule has 0 radical (unpaired) electrons. The number of rotatable bonds is 1. The van der Waals surface area contributed by atoms with E-state index in [2.05, 4.69) is 6.92 Å². The summed E-state index contributed by atoms with van der Waals surface area (Å²) in [7, 11) is 0. The number of hydrogen-bond donors (Lipinski definition) is 1. The fourth-order valence-electron chi connectivity index (χ4n) is 2.50. The Bertz CT molecular complexity index is 182. The zero-order chi connectivity index (χ0) is 10.0. The van der Waals surface area contributed by atoms with Crippen molar-refractivity contribution in [2.24, 2.45) is 11.7 Å². The molecule has 2 rings (SSSR count). The van der Waals surface area contributed by atoms with E-state index in [1.807, 2.05) is 0 Å². The van der Waals surface area contributed by atoms with E-state index < -0.39 is 0 Å². The van der Waals surface area contributed by atoms with Gasteiger partial charge < -0.3 is 15.2 Å². The summed E-state index contributed by atoms with van der Waals surface area (Å²) in [5.41, 5.74) is 5.74. The standard InChI is InChI=1S/C11H21NO2/c1-11(9-5-3-2-4-6-9)13-7-10(12)8-14-11/h9-10H,2-8,12H2,1H3. The molecule has 0 bridgehead atoms. The van der Waals surface area contributed by atoms with Gasteiger partial charge in [-0.15, -0.1) is 0 Å². The molecule has 1 aliphatic heterocycles. The van der Waals surface area contributed by atoms with Crippen molar-refractivity contribution in [2.45, 2.75) is 50.9 Å². The molecule has 1 saturated heterocycles. The highest BCUT2D eigenvalue weighted by atomic mass is 16.7. The molecular formula is C11H21NO2. The first kappa shape index (κ1) is 10.4. The molecule has 2 fully saturated rings. The first-order valence-corrected chi connectivity index (χ1v) is 5.74. The van der Waals surface area contributed by atoms with Gasteiger partial charge >= 0.3 is 0 Å². The zero-order valence-electron chi connectivity index (χ0n) is 9.00. The molecule has 1 aliphatic carbocycles. The van der Waals surface area contributed by atoms with Gasteiger partial charge in [0.15, 0.2) is 5.79 Å². The van der Waals surface area contributed by atoms with E-state index in [9.17, 15) is 0 Å². The Hall–Kier alpha value is -0.120. The summed E-state index contributed by atoms with van der Waals surface area (Å²) in [5.74, 6) is 0.222. The van der Waals surface area contributed by atoms with Gasteiger partial charge in [0.25, 0.3) is 0 Å². The van der Waals surface area contributed by atoms with Crippen LogP contribution >= 0.6 is 0 Å². The van der Waals surface area contributed by atoms with Crippen LogP contribution in [0, 0.1) is 5.92 Å². The van der Waals surface area contributed by atoms with E-state index in [4.69, 9.17) is 15.2 Å². The highest BCUT2D eigenvalue weighted by molar-refractivity contribution is 4.82. The van der Waals surface area contributed by atoms with Crippen molar-refractivity contribution in [3.63, 3.8) is 0 Å². The summed E-state index contributed by atoms with van der Waals surface area (Å²) < 4.78 is 11.5. The molecule has 0 aromatic carbocycles. The molecular weight excluding hydrogens is 178 g/mol. The third kappa shape index (κ3) is 2.10. The van der Waals surface area contributed by atoms with Crippen LogP contribution in [0.3, 0.4) is 0 Å². The van der Waals surface area contributed by atoms with Gasteiger partial charge in [-0.25, -0.2) is 0 Å². The fourth-order valence-corrected chi connectivity index (χ4v) is 2.50. The third-order valence-electron chi connectivity index (χ3n) is 3.51. The smallest absolute Gasteiger partial charge is 0.168 e. The van der Waals surface area contributed by atoms with Crippen molar-refractivity contribution in [2.75, 3.05) is 13.2 Å². The van der Waals surface area contributed by atoms with Gasteiger partial charge in [0.1, 0.15) is 0 Å². The molecule has 0 aromatic heterocycles. The third-order valence-corrected chi connectivity index (χ3v) is 3.51. The quantitative estimate of drug-likeness (QED) is 0.698. The summed E-state index contributed by atoms with van der Waals surface area (Å²) in [4.78, 5) is 0. The topological polar surface area (TPSA) is 44.5 Å². The maximum Gasteiger partial charge on any atom is 0.168 e. The Kier molecular flexibility index (Phi) is 3.10. The van der Waals surface area contributed by atoms with Crippen LogP contribution in [-0.4, -0.2) is 25.0 Å². The minimum absolute atomic E-state index is 0.0617. The predicted octanol–water partition coefficient (Wildman–Crippen LogP) is 1.66. The second-order valence-electron chi connectivity index (χ2n) is 4.73. The van der Waals surface area contributed by atoms with Crippen LogP contribution in [0.25, 0.3) is 0 Å². The van der Waals surface area contributed by atoms with Crippen molar-refractivity contribution in [1.29, 1.82) is 0 Å². The first-order chi connectivity index (χ1) is 6.71. The van der Waals surface area contributed by atoms with Gasteiger partial charge in [-0.1, -0.05) is 19.3 Å². The molecule has 3 nitrogen and oxygen atoms in total. The lowest BCUT2D eigenvalue weighted by Crippen LogP contribution is -2.52. The average molecular weight is 199 g/mol. The first-order valence-electron chi connectivity index (χ1n) is 5.74. The Labute approximate surface area is 85.9 Å². The van der Waals surface area contributed by atoms with Gasteiger partial charge in [0.05, 0.1) is 19.3 Å². The lowest BCUT2D eigenvalue weighted by molar-refractivity contribution is -0.291. The van der Waals surface area contributed by atoms with Crippen LogP contribution in [0.5, 0.6) is 0 Å². The molecule has 14 heavy (non-hydrogen) atoms. The van der Waals surface area contributed by atoms with E-state index in [1.54, 1.807) is 0 Å². The molecule has 0 unspecified atom stereocenters. The van der Waals surface area contributed by atoms with Crippen LogP contribution < -0.4 is 5.73 Å². The van der Waals surface area contributed by atoms with E-state index in [0.717, 1.165) is 0 Å². The highest BCUT2D eigenvalue weighted by Gasteiger charge is 2.40. The minimum atomic E-state index is -0.351. The molecule has 0 atom stereocenters. The second kappa shape index (κ2) is 4.17. The van der Waals surface area contributed by atoms with Crippen molar-refractivity contribution in [3.8, 4) is 0 Å². The maximum absolute atomic E-state index is 5.77. The Balaban J connectivity index is 1.93. The molecule has 2 N–H and O–H groups in total. The SMILES string of the molecule is CC1(C2CCCCC2)OCC(N)CO1. The molecule has 1 heterocycles. The largest absolute Gasteiger partial charge is 0.348 e. The molecule has 0 aromatic rings. The summed E-state index contributed by atoms with van der Waals surface area (Å²) in [6, 6.07) is 0.0617. The predicted molar refractivity (Wildman–Crippen MR) is 54.9 cm³/mol. The van der Waals surface area contributed by atoms with E-state index in [0.29, 0.717) is 19.1 Å². The molecule has 1 saturated carbocycles. The fraction of sp³-hybridized carbons (Fsp3) is 1.00. The van der Waals surface area contributed by atoms with E-state index >= 15 is 0 Å². The Morgan fingerprint density at radius 1 is 1.07 bits per heavy atom. The van der Waals surface area contributed by atoms with Crippen molar-refractivity contribution < 1.29 is 9.47 Å². The summed E-state index contributed by atoms with van der Waals surface area (Å²) >= 11 is 0. The van der Waals surface area contributed by atoms with Crippen molar-refractivity contribution >= 4 is 0 Å². The lowest BCUT2D eigenvalue weighted by atomic mass is 9.83. The number of hydrogen-bond acceptors (Lipinski definition) is 3. The number of nitrogens with two attached hydrogens (primary N) is 1. The highest BCUT2D eigenvalue weighted by Crippen LogP contribution is 2.37. The van der Waals surface area contributed by atoms with Crippen molar-refractivity contribution in [3.05, 3.63) is 0 Å². The van der Waals surface area contributed by atoms with Gasteiger partial charge in [-0.2, -0.15) is 0 Å². The normalized spacial score (nSPS) is 41.1. The number of ether oxygens (including phenoxy) is 2. The summed E-state index contributed by atoms with van der Waals surface area (Å²) in [5, 5.41) is 0. The van der Waals surface area contributed by atoms with Crippen LogP contribution in [0.1, 0.15) is 39.0 Å². The van der Waals surface area contributed by atoms with Gasteiger partial charge in [0, 0.05) is 5.92 Å². The Morgan fingerprint density at radius 3 is 2.21 bits per heavy atom. The van der Waals surface area contributed by atoms with E-state index in [-0.39, 0.29) is 11.8 Å². The van der Waals surface area contributed by atoms with Crippen LogP contribution in [0.2, 0.25) is 0 Å². The van der Waals surface area contributed by atoms with E-state index in [1.165, 1.54) is 32.1 Å². The average Bonchev–Trinajstić information content (AvgIpc) is 2.24. The second-order valence-corrected chi connectivity index (χ2v) is 4.73. The summed E-state index contributed by atoms with van der Waals surface area (Å²) in [6.07, 6.45) is 6.49. The van der Waals surface area contributed by atoms with Crippen molar-refractivity contribution in [1.82, 2.24) is 0 Å². The molecule has 0 spiro atoms. The van der Waals surface area contributed by atoms with Gasteiger partial charge in [-0.05, 0) is 19.8 Å². The molecule has 82 valence electrons. The van der Waals surface area contributed by atoms with Gasteiger partial charge in [0.2, 0.25) is 0 Å². The molecule has 3 heteroatoms. The monoisotopic (exact) mass is 199 g/mol. The molecule has 2 aliphatic rings. The Morgan fingerprint density at radius 2 is 1.64 bits per heavy atom. The molecule has 0 amide bonds. The maximum atomic E-state index is 5.77. The minimum Gasteiger partial charge on any atom is -0.348 e. The lowest BCUT2D eigenvalue weighted by Gasteiger charge is -2.43. The van der Waals surface area contributed by atoms with Crippen LogP contribution in [-0.2, 0) is 9.47 Å². The summed E-state index contributed by atoms with van der Waals surface area (Å²) in [6.45, 7) is 3.37. The van der Waals surface area contributed by atoms with Gasteiger partial charge in [-0.3, -0.25) is 0 Å². The van der Waals surface area contributed by atoms with Crippen LogP contribution in [0.4, 0.5) is 0 Å². The van der Waals surface area contributed by atoms with Crippen LogP contribution in [0.15, 0.2) is 0 Å².